The van der Waals surface area contributed by atoms with Crippen molar-refractivity contribution in [3.05, 3.63) is 0 Å². The smallest absolute Gasteiger partial charge is 0.233 e. The third-order valence-corrected chi connectivity index (χ3v) is 2.07. The molecular weight excluding hydrogens is 208 g/mol. The van der Waals surface area contributed by atoms with Gasteiger partial charge in [-0.2, -0.15) is 0 Å². The second kappa shape index (κ2) is 9.57. The molecular formula is C11H24N2O3. The van der Waals surface area contributed by atoms with Gasteiger partial charge in [0.25, 0.3) is 0 Å². The van der Waals surface area contributed by atoms with Crippen LogP contribution in [0, 0.1) is 5.92 Å². The average molecular weight is 232 g/mol. The molecule has 0 rings (SSSR count). The summed E-state index contributed by atoms with van der Waals surface area (Å²) in [5.74, 6) is 0.557. The van der Waals surface area contributed by atoms with E-state index in [1.165, 1.54) is 7.11 Å². The minimum Gasteiger partial charge on any atom is -0.389 e. The minimum atomic E-state index is -0.562. The molecule has 96 valence electrons. The van der Waals surface area contributed by atoms with Crippen molar-refractivity contribution in [2.45, 2.75) is 26.4 Å². The fourth-order valence-corrected chi connectivity index (χ4v) is 1.17. The summed E-state index contributed by atoms with van der Waals surface area (Å²) in [6.45, 7) is 5.82. The van der Waals surface area contributed by atoms with Crippen molar-refractivity contribution in [2.75, 3.05) is 33.4 Å². The highest BCUT2D eigenvalue weighted by atomic mass is 16.5. The number of methoxy groups -OCH3 is 1. The molecule has 0 heterocycles. The molecule has 16 heavy (non-hydrogen) atoms. The SMILES string of the molecule is COCC(O)CNCC(=O)NCCC(C)C. The first kappa shape index (κ1) is 15.3. The molecule has 0 saturated carbocycles. The summed E-state index contributed by atoms with van der Waals surface area (Å²) >= 11 is 0. The molecule has 0 radical (unpaired) electrons. The molecule has 1 amide bonds. The van der Waals surface area contributed by atoms with Gasteiger partial charge in [0.15, 0.2) is 0 Å². The Balaban J connectivity index is 3.36. The number of aliphatic hydroxyl groups excluding tert-OH is 1. The molecule has 5 nitrogen and oxygen atoms in total. The van der Waals surface area contributed by atoms with Crippen molar-refractivity contribution in [2.24, 2.45) is 5.92 Å². The van der Waals surface area contributed by atoms with Crippen LogP contribution in [0.1, 0.15) is 20.3 Å². The van der Waals surface area contributed by atoms with Crippen LogP contribution < -0.4 is 10.6 Å². The summed E-state index contributed by atoms with van der Waals surface area (Å²) in [6.07, 6.45) is 0.423. The number of rotatable bonds is 9. The quantitative estimate of drug-likeness (QED) is 0.512. The molecule has 0 bridgehead atoms. The normalized spacial score (nSPS) is 12.8. The molecule has 0 aromatic heterocycles. The highest BCUT2D eigenvalue weighted by Gasteiger charge is 2.05. The summed E-state index contributed by atoms with van der Waals surface area (Å²) in [4.78, 5) is 11.3. The Labute approximate surface area is 97.6 Å². The van der Waals surface area contributed by atoms with E-state index in [0.29, 0.717) is 19.0 Å². The zero-order valence-corrected chi connectivity index (χ0v) is 10.5. The van der Waals surface area contributed by atoms with Gasteiger partial charge in [0.05, 0.1) is 19.3 Å². The molecule has 5 heteroatoms. The zero-order valence-electron chi connectivity index (χ0n) is 10.5. The van der Waals surface area contributed by atoms with Crippen LogP contribution in [0.3, 0.4) is 0 Å². The lowest BCUT2D eigenvalue weighted by Crippen LogP contribution is -2.38. The van der Waals surface area contributed by atoms with Gasteiger partial charge in [-0.3, -0.25) is 4.79 Å². The number of carbonyl (C=O) groups excluding carboxylic acids is 1. The Morgan fingerprint density at radius 3 is 2.69 bits per heavy atom. The molecule has 0 aliphatic rings. The fraction of sp³-hybridized carbons (Fsp3) is 0.909. The van der Waals surface area contributed by atoms with Crippen LogP contribution >= 0.6 is 0 Å². The Morgan fingerprint density at radius 1 is 1.44 bits per heavy atom. The second-order valence-corrected chi connectivity index (χ2v) is 4.27. The minimum absolute atomic E-state index is 0.0368. The molecule has 1 unspecified atom stereocenters. The maximum atomic E-state index is 11.3. The summed E-state index contributed by atoms with van der Waals surface area (Å²) in [5, 5.41) is 15.0. The Morgan fingerprint density at radius 2 is 2.12 bits per heavy atom. The molecule has 0 aliphatic carbocycles. The maximum Gasteiger partial charge on any atom is 0.233 e. The van der Waals surface area contributed by atoms with Gasteiger partial charge in [0.2, 0.25) is 5.91 Å². The highest BCUT2D eigenvalue weighted by molar-refractivity contribution is 5.77. The van der Waals surface area contributed by atoms with Gasteiger partial charge in [-0.1, -0.05) is 13.8 Å². The van der Waals surface area contributed by atoms with E-state index in [1.54, 1.807) is 0 Å². The molecule has 0 spiro atoms. The molecule has 1 atom stereocenters. The van der Waals surface area contributed by atoms with Crippen LogP contribution in [0.15, 0.2) is 0 Å². The number of nitrogens with one attached hydrogen (secondary N) is 2. The van der Waals surface area contributed by atoms with Crippen LogP contribution in [0.2, 0.25) is 0 Å². The first-order valence-electron chi connectivity index (χ1n) is 5.70. The van der Waals surface area contributed by atoms with Crippen LogP contribution in [-0.4, -0.2) is 50.5 Å². The number of ether oxygens (including phenoxy) is 1. The standard InChI is InChI=1S/C11H24N2O3/c1-9(2)4-5-13-11(15)7-12-6-10(14)8-16-3/h9-10,12,14H,4-8H2,1-3H3,(H,13,15). The van der Waals surface area contributed by atoms with Gasteiger partial charge in [-0.25, -0.2) is 0 Å². The lowest BCUT2D eigenvalue weighted by atomic mass is 10.1. The van der Waals surface area contributed by atoms with Crippen LogP contribution in [0.4, 0.5) is 0 Å². The predicted molar refractivity (Wildman–Crippen MR) is 63.2 cm³/mol. The molecule has 0 aromatic carbocycles. The van der Waals surface area contributed by atoms with Crippen molar-refractivity contribution < 1.29 is 14.6 Å². The third-order valence-electron chi connectivity index (χ3n) is 2.07. The summed E-state index contributed by atoms with van der Waals surface area (Å²) in [7, 11) is 1.53. The number of amides is 1. The van der Waals surface area contributed by atoms with Crippen molar-refractivity contribution in [1.29, 1.82) is 0 Å². The van der Waals surface area contributed by atoms with E-state index in [1.807, 2.05) is 0 Å². The molecule has 0 fully saturated rings. The van der Waals surface area contributed by atoms with Crippen LogP contribution in [0.25, 0.3) is 0 Å². The Hall–Kier alpha value is -0.650. The van der Waals surface area contributed by atoms with E-state index in [-0.39, 0.29) is 19.1 Å². The summed E-state index contributed by atoms with van der Waals surface area (Å²) in [5.41, 5.74) is 0. The molecule has 3 N–H and O–H groups in total. The Bertz CT molecular complexity index is 186. The maximum absolute atomic E-state index is 11.3. The molecule has 0 saturated heterocycles. The fourth-order valence-electron chi connectivity index (χ4n) is 1.17. The largest absolute Gasteiger partial charge is 0.389 e. The van der Waals surface area contributed by atoms with E-state index < -0.39 is 6.10 Å². The van der Waals surface area contributed by atoms with E-state index >= 15 is 0 Å². The van der Waals surface area contributed by atoms with Gasteiger partial charge in [0.1, 0.15) is 0 Å². The van der Waals surface area contributed by atoms with Gasteiger partial charge in [-0.05, 0) is 12.3 Å². The van der Waals surface area contributed by atoms with E-state index in [0.717, 1.165) is 6.42 Å². The zero-order chi connectivity index (χ0) is 12.4. The number of hydrogen-bond acceptors (Lipinski definition) is 4. The summed E-state index contributed by atoms with van der Waals surface area (Å²) in [6, 6.07) is 0. The molecule has 0 aliphatic heterocycles. The average Bonchev–Trinajstić information content (AvgIpc) is 2.17. The second-order valence-electron chi connectivity index (χ2n) is 4.27. The van der Waals surface area contributed by atoms with Gasteiger partial charge >= 0.3 is 0 Å². The lowest BCUT2D eigenvalue weighted by Gasteiger charge is -2.11. The van der Waals surface area contributed by atoms with E-state index in [2.05, 4.69) is 24.5 Å². The first-order valence-corrected chi connectivity index (χ1v) is 5.70. The Kier molecular flexibility index (Phi) is 9.18. The first-order chi connectivity index (χ1) is 7.56. The van der Waals surface area contributed by atoms with Crippen molar-refractivity contribution >= 4 is 5.91 Å². The highest BCUT2D eigenvalue weighted by Crippen LogP contribution is 1.95. The monoisotopic (exact) mass is 232 g/mol. The number of carbonyl (C=O) groups is 1. The van der Waals surface area contributed by atoms with E-state index in [4.69, 9.17) is 4.74 Å². The number of hydrogen-bond donors (Lipinski definition) is 3. The summed E-state index contributed by atoms with van der Waals surface area (Å²) < 4.78 is 4.76. The number of aliphatic hydroxyl groups is 1. The van der Waals surface area contributed by atoms with Gasteiger partial charge < -0.3 is 20.5 Å². The van der Waals surface area contributed by atoms with E-state index in [9.17, 15) is 9.90 Å². The lowest BCUT2D eigenvalue weighted by molar-refractivity contribution is -0.120. The van der Waals surface area contributed by atoms with Crippen LogP contribution in [-0.2, 0) is 9.53 Å². The van der Waals surface area contributed by atoms with Crippen molar-refractivity contribution in [3.63, 3.8) is 0 Å². The van der Waals surface area contributed by atoms with Crippen LogP contribution in [0.5, 0.6) is 0 Å². The third kappa shape index (κ3) is 9.89. The van der Waals surface area contributed by atoms with Crippen molar-refractivity contribution in [3.8, 4) is 0 Å². The van der Waals surface area contributed by atoms with Gasteiger partial charge in [0, 0.05) is 20.2 Å². The van der Waals surface area contributed by atoms with Crippen molar-refractivity contribution in [1.82, 2.24) is 10.6 Å². The molecule has 0 aromatic rings. The predicted octanol–water partition coefficient (Wildman–Crippen LogP) is -0.254. The van der Waals surface area contributed by atoms with Gasteiger partial charge in [-0.15, -0.1) is 0 Å². The topological polar surface area (TPSA) is 70.6 Å².